The third-order valence-corrected chi connectivity index (χ3v) is 7.81. The van der Waals surface area contributed by atoms with E-state index < -0.39 is 9.84 Å². The zero-order chi connectivity index (χ0) is 22.4. The summed E-state index contributed by atoms with van der Waals surface area (Å²) in [7, 11) is -3.07. The minimum atomic E-state index is -3.07. The number of thioether (sulfide) groups is 1. The molecule has 31 heavy (non-hydrogen) atoms. The number of amides is 2. The van der Waals surface area contributed by atoms with E-state index in [0.717, 1.165) is 18.2 Å². The summed E-state index contributed by atoms with van der Waals surface area (Å²) in [5.41, 5.74) is 5.54. The lowest BCUT2D eigenvalue weighted by Crippen LogP contribution is -2.36. The molecule has 11 heteroatoms. The van der Waals surface area contributed by atoms with Crippen LogP contribution < -0.4 is 16.6 Å². The van der Waals surface area contributed by atoms with Crippen LogP contribution in [0.15, 0.2) is 34.2 Å². The van der Waals surface area contributed by atoms with Gasteiger partial charge < -0.3 is 11.1 Å². The van der Waals surface area contributed by atoms with Crippen LogP contribution in [-0.2, 0) is 26.0 Å². The fraction of sp³-hybridized carbons (Fsp3) is 0.500. The molecule has 0 bridgehead atoms. The fourth-order valence-electron chi connectivity index (χ4n) is 3.51. The molecule has 1 aromatic heterocycles. The number of fused-ring (bicyclic) bond motifs is 1. The van der Waals surface area contributed by atoms with Crippen molar-refractivity contribution in [1.82, 2.24) is 14.9 Å². The molecule has 0 saturated carbocycles. The van der Waals surface area contributed by atoms with Crippen molar-refractivity contribution in [3.8, 4) is 0 Å². The van der Waals surface area contributed by atoms with Crippen molar-refractivity contribution in [3.63, 3.8) is 0 Å². The Morgan fingerprint density at radius 1 is 1.23 bits per heavy atom. The van der Waals surface area contributed by atoms with Crippen LogP contribution in [0.1, 0.15) is 32.1 Å². The number of carbonyl (C=O) groups excluding carboxylic acids is 2. The minimum Gasteiger partial charge on any atom is -0.370 e. The Balaban J connectivity index is 1.69. The molecule has 2 amide bonds. The van der Waals surface area contributed by atoms with Gasteiger partial charge in [0.1, 0.15) is 0 Å². The number of sulfone groups is 1. The molecule has 1 aliphatic rings. The molecule has 168 valence electrons. The summed E-state index contributed by atoms with van der Waals surface area (Å²) < 4.78 is 24.7. The van der Waals surface area contributed by atoms with Crippen molar-refractivity contribution in [2.45, 2.75) is 49.8 Å². The lowest BCUT2D eigenvalue weighted by Gasteiger charge is -2.14. The third kappa shape index (κ3) is 6.54. The molecule has 1 fully saturated rings. The number of nitrogens with zero attached hydrogens (tertiary/aromatic N) is 2. The van der Waals surface area contributed by atoms with Crippen LogP contribution in [0, 0.1) is 0 Å². The number of hydrogen-bond donors (Lipinski definition) is 2. The number of carbonyl (C=O) groups is 2. The molecule has 0 radical (unpaired) electrons. The number of rotatable bonds is 10. The maximum atomic E-state index is 13.0. The SMILES string of the molecule is NC(=O)CCCCCn1c(SCC(=O)N[C@H]2CCS(=O)(=O)C2)nc2ccccc2c1=O. The van der Waals surface area contributed by atoms with Crippen LogP contribution in [0.25, 0.3) is 10.9 Å². The molecule has 3 rings (SSSR count). The first-order valence-corrected chi connectivity index (χ1v) is 13.0. The predicted octanol–water partition coefficient (Wildman–Crippen LogP) is 0.838. The molecule has 1 saturated heterocycles. The third-order valence-electron chi connectivity index (χ3n) is 5.06. The smallest absolute Gasteiger partial charge is 0.262 e. The van der Waals surface area contributed by atoms with E-state index in [4.69, 9.17) is 5.73 Å². The monoisotopic (exact) mass is 466 g/mol. The van der Waals surface area contributed by atoms with Crippen molar-refractivity contribution in [2.75, 3.05) is 17.3 Å². The number of unbranched alkanes of at least 4 members (excludes halogenated alkanes) is 2. The van der Waals surface area contributed by atoms with Gasteiger partial charge >= 0.3 is 0 Å². The van der Waals surface area contributed by atoms with Gasteiger partial charge in [0.2, 0.25) is 11.8 Å². The van der Waals surface area contributed by atoms with Gasteiger partial charge in [0, 0.05) is 19.0 Å². The summed E-state index contributed by atoms with van der Waals surface area (Å²) in [6, 6.07) is 6.68. The van der Waals surface area contributed by atoms with Gasteiger partial charge in [0.25, 0.3) is 5.56 Å². The minimum absolute atomic E-state index is 0.0308. The fourth-order valence-corrected chi connectivity index (χ4v) is 6.02. The second kappa shape index (κ2) is 10.3. The second-order valence-corrected chi connectivity index (χ2v) is 10.8. The topological polar surface area (TPSA) is 141 Å². The summed E-state index contributed by atoms with van der Waals surface area (Å²) in [5.74, 6) is -0.548. The number of nitrogens with one attached hydrogen (secondary N) is 1. The van der Waals surface area contributed by atoms with E-state index in [2.05, 4.69) is 10.3 Å². The molecule has 0 spiro atoms. The maximum Gasteiger partial charge on any atom is 0.262 e. The molecule has 0 unspecified atom stereocenters. The predicted molar refractivity (Wildman–Crippen MR) is 120 cm³/mol. The van der Waals surface area contributed by atoms with E-state index in [-0.39, 0.29) is 40.7 Å². The van der Waals surface area contributed by atoms with E-state index in [1.165, 1.54) is 0 Å². The van der Waals surface area contributed by atoms with Crippen LogP contribution >= 0.6 is 11.8 Å². The van der Waals surface area contributed by atoms with E-state index in [1.54, 1.807) is 28.8 Å². The van der Waals surface area contributed by atoms with Gasteiger partial charge in [0.15, 0.2) is 15.0 Å². The quantitative estimate of drug-likeness (QED) is 0.300. The maximum absolute atomic E-state index is 13.0. The molecule has 1 aromatic carbocycles. The van der Waals surface area contributed by atoms with Crippen molar-refractivity contribution in [1.29, 1.82) is 0 Å². The Morgan fingerprint density at radius 2 is 2.00 bits per heavy atom. The largest absolute Gasteiger partial charge is 0.370 e. The van der Waals surface area contributed by atoms with Crippen molar-refractivity contribution < 1.29 is 18.0 Å². The molecule has 1 aliphatic heterocycles. The lowest BCUT2D eigenvalue weighted by atomic mass is 10.2. The van der Waals surface area contributed by atoms with Gasteiger partial charge in [-0.2, -0.15) is 0 Å². The van der Waals surface area contributed by atoms with Gasteiger partial charge in [-0.25, -0.2) is 13.4 Å². The number of para-hydroxylation sites is 1. The van der Waals surface area contributed by atoms with Crippen LogP contribution in [0.5, 0.6) is 0 Å². The molecule has 2 heterocycles. The number of aromatic nitrogens is 2. The Bertz CT molecular complexity index is 1130. The van der Waals surface area contributed by atoms with Crippen molar-refractivity contribution in [2.24, 2.45) is 5.73 Å². The number of hydrogen-bond acceptors (Lipinski definition) is 7. The molecule has 9 nitrogen and oxygen atoms in total. The molecule has 0 aliphatic carbocycles. The highest BCUT2D eigenvalue weighted by atomic mass is 32.2. The molecular weight excluding hydrogens is 440 g/mol. The first kappa shape index (κ1) is 23.3. The Labute approximate surface area is 184 Å². The summed E-state index contributed by atoms with van der Waals surface area (Å²) in [6.07, 6.45) is 2.79. The van der Waals surface area contributed by atoms with Crippen LogP contribution in [0.4, 0.5) is 0 Å². The van der Waals surface area contributed by atoms with Gasteiger partial charge in [-0.05, 0) is 31.4 Å². The average molecular weight is 467 g/mol. The molecular formula is C20H26N4O5S2. The first-order chi connectivity index (χ1) is 14.7. The normalized spacial score (nSPS) is 17.6. The number of primary amides is 1. The van der Waals surface area contributed by atoms with Gasteiger partial charge in [-0.1, -0.05) is 30.3 Å². The van der Waals surface area contributed by atoms with E-state index in [9.17, 15) is 22.8 Å². The lowest BCUT2D eigenvalue weighted by molar-refractivity contribution is -0.119. The zero-order valence-corrected chi connectivity index (χ0v) is 18.7. The van der Waals surface area contributed by atoms with E-state index >= 15 is 0 Å². The highest BCUT2D eigenvalue weighted by Crippen LogP contribution is 2.19. The van der Waals surface area contributed by atoms with Crippen LogP contribution in [0.3, 0.4) is 0 Å². The van der Waals surface area contributed by atoms with Crippen LogP contribution in [-0.4, -0.2) is 53.1 Å². The van der Waals surface area contributed by atoms with Gasteiger partial charge in [0.05, 0.1) is 28.2 Å². The Morgan fingerprint density at radius 3 is 2.71 bits per heavy atom. The Hall–Kier alpha value is -2.40. The summed E-state index contributed by atoms with van der Waals surface area (Å²) >= 11 is 1.15. The Kier molecular flexibility index (Phi) is 7.71. The number of nitrogens with two attached hydrogens (primary N) is 1. The summed E-state index contributed by atoms with van der Waals surface area (Å²) in [4.78, 5) is 40.7. The van der Waals surface area contributed by atoms with Gasteiger partial charge in [-0.3, -0.25) is 19.0 Å². The second-order valence-electron chi connectivity index (χ2n) is 7.60. The van der Waals surface area contributed by atoms with E-state index in [1.807, 2.05) is 0 Å². The summed E-state index contributed by atoms with van der Waals surface area (Å²) in [6.45, 7) is 0.417. The van der Waals surface area contributed by atoms with Crippen molar-refractivity contribution >= 4 is 44.3 Å². The first-order valence-electron chi connectivity index (χ1n) is 10.2. The van der Waals surface area contributed by atoms with Crippen LogP contribution in [0.2, 0.25) is 0 Å². The molecule has 3 N–H and O–H groups in total. The molecule has 1 atom stereocenters. The van der Waals surface area contributed by atoms with E-state index in [0.29, 0.717) is 48.3 Å². The highest BCUT2D eigenvalue weighted by molar-refractivity contribution is 7.99. The summed E-state index contributed by atoms with van der Waals surface area (Å²) in [5, 5.41) is 3.69. The average Bonchev–Trinajstić information content (AvgIpc) is 3.05. The standard InChI is InChI=1S/C20H26N4O5S2/c21-17(25)8-2-1-5-10-24-19(27)15-6-3-4-7-16(15)23-20(24)30-12-18(26)22-14-9-11-31(28,29)13-14/h3-4,6-7,14H,1-2,5,8-13H2,(H2,21,25)(H,22,26)/t14-/m0/s1. The molecule has 2 aromatic rings. The zero-order valence-electron chi connectivity index (χ0n) is 17.1. The van der Waals surface area contributed by atoms with Crippen molar-refractivity contribution in [3.05, 3.63) is 34.6 Å². The highest BCUT2D eigenvalue weighted by Gasteiger charge is 2.28. The van der Waals surface area contributed by atoms with Gasteiger partial charge in [-0.15, -0.1) is 0 Å². The number of benzene rings is 1.